The van der Waals surface area contributed by atoms with Crippen LogP contribution in [0.4, 0.5) is 0 Å². The topological polar surface area (TPSA) is 43.4 Å². The highest BCUT2D eigenvalue weighted by molar-refractivity contribution is 8.13. The van der Waals surface area contributed by atoms with Crippen molar-refractivity contribution in [1.29, 1.82) is 0 Å². The summed E-state index contributed by atoms with van der Waals surface area (Å²) >= 11 is 6.80. The van der Waals surface area contributed by atoms with Crippen LogP contribution in [-0.4, -0.2) is 29.8 Å². The Morgan fingerprint density at radius 1 is 1.47 bits per heavy atom. The zero-order chi connectivity index (χ0) is 12.1. The van der Waals surface area contributed by atoms with Crippen LogP contribution in [0.25, 0.3) is 0 Å². The number of esters is 1. The first kappa shape index (κ1) is 14.8. The Hall–Kier alpha value is -0.220. The molecule has 0 saturated carbocycles. The molecule has 0 rings (SSSR count). The van der Waals surface area contributed by atoms with Crippen molar-refractivity contribution in [2.45, 2.75) is 20.8 Å². The number of rotatable bonds is 5. The van der Waals surface area contributed by atoms with Crippen molar-refractivity contribution in [3.63, 3.8) is 0 Å². The highest BCUT2D eigenvalue weighted by atomic mass is 35.5. The molecule has 0 spiro atoms. The van der Waals surface area contributed by atoms with Crippen LogP contribution in [0.15, 0.2) is 0 Å². The first-order valence-corrected chi connectivity index (χ1v) is 6.18. The highest BCUT2D eigenvalue weighted by Crippen LogP contribution is 2.26. The van der Waals surface area contributed by atoms with E-state index in [9.17, 15) is 9.59 Å². The molecule has 0 radical (unpaired) electrons. The standard InChI is InChI=1S/C10H17ClO3S/c1-7(8(12)14-4)5-15-9(13)10(2,3)6-11/h7H,5-6H2,1-4H3. The molecule has 0 amide bonds. The van der Waals surface area contributed by atoms with E-state index in [-0.39, 0.29) is 22.9 Å². The summed E-state index contributed by atoms with van der Waals surface area (Å²) in [6.45, 7) is 5.32. The largest absolute Gasteiger partial charge is 0.469 e. The van der Waals surface area contributed by atoms with Crippen molar-refractivity contribution >= 4 is 34.4 Å². The summed E-state index contributed by atoms with van der Waals surface area (Å²) < 4.78 is 4.57. The van der Waals surface area contributed by atoms with Crippen molar-refractivity contribution < 1.29 is 14.3 Å². The van der Waals surface area contributed by atoms with E-state index in [2.05, 4.69) is 4.74 Å². The molecule has 15 heavy (non-hydrogen) atoms. The molecule has 0 aromatic heterocycles. The van der Waals surface area contributed by atoms with Gasteiger partial charge in [-0.3, -0.25) is 9.59 Å². The van der Waals surface area contributed by atoms with E-state index in [0.717, 1.165) is 11.8 Å². The molecule has 3 nitrogen and oxygen atoms in total. The average Bonchev–Trinajstić information content (AvgIpc) is 2.23. The van der Waals surface area contributed by atoms with Crippen LogP contribution in [0.5, 0.6) is 0 Å². The molecule has 5 heteroatoms. The third kappa shape index (κ3) is 4.89. The van der Waals surface area contributed by atoms with Crippen LogP contribution in [0.1, 0.15) is 20.8 Å². The monoisotopic (exact) mass is 252 g/mol. The van der Waals surface area contributed by atoms with Gasteiger partial charge >= 0.3 is 5.97 Å². The zero-order valence-corrected chi connectivity index (χ0v) is 11.1. The summed E-state index contributed by atoms with van der Waals surface area (Å²) in [5, 5.41) is 0.00764. The van der Waals surface area contributed by atoms with E-state index >= 15 is 0 Å². The Balaban J connectivity index is 4.07. The van der Waals surface area contributed by atoms with Crippen molar-refractivity contribution in [3.8, 4) is 0 Å². The third-order valence-corrected chi connectivity index (χ3v) is 4.10. The van der Waals surface area contributed by atoms with Crippen LogP contribution in [0.3, 0.4) is 0 Å². The molecule has 0 heterocycles. The molecule has 88 valence electrons. The number of carbonyl (C=O) groups excluding carboxylic acids is 2. The Morgan fingerprint density at radius 2 is 2.00 bits per heavy atom. The smallest absolute Gasteiger partial charge is 0.309 e. The number of hydrogen-bond acceptors (Lipinski definition) is 4. The molecular formula is C10H17ClO3S. The summed E-state index contributed by atoms with van der Waals surface area (Å²) in [6, 6.07) is 0. The lowest BCUT2D eigenvalue weighted by atomic mass is 9.99. The van der Waals surface area contributed by atoms with Crippen molar-refractivity contribution in [3.05, 3.63) is 0 Å². The molecule has 0 fully saturated rings. The van der Waals surface area contributed by atoms with Crippen molar-refractivity contribution in [1.82, 2.24) is 0 Å². The summed E-state index contributed by atoms with van der Waals surface area (Å²) in [4.78, 5) is 22.7. The maximum absolute atomic E-state index is 11.6. The van der Waals surface area contributed by atoms with Crippen molar-refractivity contribution in [2.75, 3.05) is 18.7 Å². The molecule has 0 aliphatic rings. The fourth-order valence-electron chi connectivity index (χ4n) is 0.720. The second kappa shape index (κ2) is 6.38. The van der Waals surface area contributed by atoms with Crippen LogP contribution in [-0.2, 0) is 14.3 Å². The first-order chi connectivity index (χ1) is 6.85. The van der Waals surface area contributed by atoms with Gasteiger partial charge in [0.05, 0.1) is 13.0 Å². The quantitative estimate of drug-likeness (QED) is 0.556. The maximum atomic E-state index is 11.6. The van der Waals surface area contributed by atoms with E-state index < -0.39 is 5.41 Å². The van der Waals surface area contributed by atoms with E-state index in [1.807, 2.05) is 0 Å². The van der Waals surface area contributed by atoms with Crippen LogP contribution >= 0.6 is 23.4 Å². The lowest BCUT2D eigenvalue weighted by Crippen LogP contribution is -2.25. The van der Waals surface area contributed by atoms with Gasteiger partial charge in [-0.2, -0.15) is 0 Å². The predicted molar refractivity (Wildman–Crippen MR) is 63.1 cm³/mol. The Kier molecular flexibility index (Phi) is 6.29. The van der Waals surface area contributed by atoms with Gasteiger partial charge in [-0.1, -0.05) is 32.5 Å². The van der Waals surface area contributed by atoms with Gasteiger partial charge in [-0.25, -0.2) is 0 Å². The molecular weight excluding hydrogens is 236 g/mol. The molecule has 1 atom stereocenters. The van der Waals surface area contributed by atoms with Crippen LogP contribution in [0.2, 0.25) is 0 Å². The Bertz CT molecular complexity index is 241. The van der Waals surface area contributed by atoms with Crippen molar-refractivity contribution in [2.24, 2.45) is 11.3 Å². The molecule has 1 unspecified atom stereocenters. The normalized spacial score (nSPS) is 13.4. The lowest BCUT2D eigenvalue weighted by Gasteiger charge is -2.19. The van der Waals surface area contributed by atoms with Crippen LogP contribution < -0.4 is 0 Å². The summed E-state index contributed by atoms with van der Waals surface area (Å²) in [6.07, 6.45) is 0. The number of alkyl halides is 1. The van der Waals surface area contributed by atoms with Gasteiger partial charge in [0, 0.05) is 17.0 Å². The predicted octanol–water partition coefficient (Wildman–Crippen LogP) is 2.32. The van der Waals surface area contributed by atoms with Gasteiger partial charge in [0.1, 0.15) is 0 Å². The minimum absolute atomic E-state index is 0.00764. The lowest BCUT2D eigenvalue weighted by molar-refractivity contribution is -0.143. The third-order valence-electron chi connectivity index (χ3n) is 1.95. The SMILES string of the molecule is COC(=O)C(C)CSC(=O)C(C)(C)CCl. The number of ether oxygens (including phenoxy) is 1. The van der Waals surface area contributed by atoms with Gasteiger partial charge in [-0.15, -0.1) is 11.6 Å². The van der Waals surface area contributed by atoms with Gasteiger partial charge in [-0.05, 0) is 0 Å². The second-order valence-corrected chi connectivity index (χ2v) is 5.30. The van der Waals surface area contributed by atoms with E-state index in [1.54, 1.807) is 20.8 Å². The van der Waals surface area contributed by atoms with Gasteiger partial charge in [0.2, 0.25) is 0 Å². The molecule has 0 bridgehead atoms. The average molecular weight is 253 g/mol. The molecule has 0 aliphatic carbocycles. The Labute approximate surface area is 99.9 Å². The minimum atomic E-state index is -0.540. The zero-order valence-electron chi connectivity index (χ0n) is 9.50. The number of halogens is 1. The van der Waals surface area contributed by atoms with E-state index in [4.69, 9.17) is 11.6 Å². The number of methoxy groups -OCH3 is 1. The van der Waals surface area contributed by atoms with E-state index in [0.29, 0.717) is 5.75 Å². The highest BCUT2D eigenvalue weighted by Gasteiger charge is 2.28. The molecule has 0 aromatic carbocycles. The molecule has 0 saturated heterocycles. The minimum Gasteiger partial charge on any atom is -0.469 e. The Morgan fingerprint density at radius 3 is 2.40 bits per heavy atom. The maximum Gasteiger partial charge on any atom is 0.309 e. The number of thioether (sulfide) groups is 1. The summed E-state index contributed by atoms with van der Waals surface area (Å²) in [5.41, 5.74) is -0.540. The molecule has 0 N–H and O–H groups in total. The number of carbonyl (C=O) groups is 2. The van der Waals surface area contributed by atoms with E-state index in [1.165, 1.54) is 7.11 Å². The van der Waals surface area contributed by atoms with Gasteiger partial charge in [0.25, 0.3) is 0 Å². The van der Waals surface area contributed by atoms with Crippen LogP contribution in [0, 0.1) is 11.3 Å². The summed E-state index contributed by atoms with van der Waals surface area (Å²) in [5.74, 6) is 0.158. The fourth-order valence-corrected chi connectivity index (χ4v) is 1.92. The van der Waals surface area contributed by atoms with Gasteiger partial charge in [0.15, 0.2) is 5.12 Å². The molecule has 0 aromatic rings. The summed E-state index contributed by atoms with van der Waals surface area (Å²) in [7, 11) is 1.34. The number of hydrogen-bond donors (Lipinski definition) is 0. The molecule has 0 aliphatic heterocycles. The van der Waals surface area contributed by atoms with Gasteiger partial charge < -0.3 is 4.74 Å². The second-order valence-electron chi connectivity index (χ2n) is 4.04. The first-order valence-electron chi connectivity index (χ1n) is 4.66. The fraction of sp³-hybridized carbons (Fsp3) is 0.800.